The second kappa shape index (κ2) is 21.1. The molecule has 0 aliphatic heterocycles. The number of rotatable bonds is 8. The first kappa shape index (κ1) is 51.6. The number of nitro groups is 2. The van der Waals surface area contributed by atoms with E-state index in [-0.39, 0.29) is 53.1 Å². The van der Waals surface area contributed by atoms with Crippen LogP contribution in [0.5, 0.6) is 0 Å². The number of pyridine rings is 2. The summed E-state index contributed by atoms with van der Waals surface area (Å²) in [7, 11) is -3.16. The van der Waals surface area contributed by atoms with Crippen LogP contribution in [0.2, 0.25) is 36.3 Å². The Labute approximate surface area is 379 Å². The summed E-state index contributed by atoms with van der Waals surface area (Å²) < 4.78 is 8.30. The zero-order valence-electron chi connectivity index (χ0n) is 36.0. The second-order valence-electron chi connectivity index (χ2n) is 18.7. The first-order chi connectivity index (χ1) is 27.3. The van der Waals surface area contributed by atoms with Crippen molar-refractivity contribution < 1.29 is 19.4 Å². The van der Waals surface area contributed by atoms with Crippen molar-refractivity contribution in [2.24, 2.45) is 0 Å². The maximum atomic E-state index is 11.6. The molecule has 2 aliphatic rings. The second-order valence-corrected chi connectivity index (χ2v) is 32.6. The SMILES string of the molecule is C.CC(C)(C)[Si](C)(C)Cl.CC(C)(C)[Si](C)(C)OC1CCC(Nc2c([N+](=O)[O-])cnc3ccc(Br)cc23)CC1.O=[N+]([O-])c1cnc2ccc(Br)cc2c1NC1CCC(O)CC1. The van der Waals surface area contributed by atoms with Gasteiger partial charge in [0.05, 0.1) is 27.0 Å². The number of aliphatic hydroxyl groups excluding tert-OH is 1. The van der Waals surface area contributed by atoms with Crippen molar-refractivity contribution in [3.8, 4) is 0 Å². The highest BCUT2D eigenvalue weighted by Gasteiger charge is 2.40. The fourth-order valence-electron chi connectivity index (χ4n) is 6.44. The highest BCUT2D eigenvalue weighted by Crippen LogP contribution is 2.41. The third-order valence-electron chi connectivity index (χ3n) is 12.1. The predicted molar refractivity (Wildman–Crippen MR) is 262 cm³/mol. The number of aromatic nitrogens is 2. The third-order valence-corrected chi connectivity index (χ3v) is 22.9. The maximum absolute atomic E-state index is 11.6. The van der Waals surface area contributed by atoms with Gasteiger partial charge in [0.15, 0.2) is 15.7 Å². The lowest BCUT2D eigenvalue weighted by atomic mass is 9.93. The molecule has 6 rings (SSSR count). The third kappa shape index (κ3) is 13.9. The summed E-state index contributed by atoms with van der Waals surface area (Å²) in [5.74, 6) is 0. The van der Waals surface area contributed by atoms with Gasteiger partial charge < -0.3 is 20.2 Å². The molecule has 0 radical (unpaired) electrons. The average Bonchev–Trinajstić information content (AvgIpc) is 3.12. The molecule has 12 nitrogen and oxygen atoms in total. The van der Waals surface area contributed by atoms with Crippen molar-refractivity contribution in [3.63, 3.8) is 0 Å². The molecule has 0 bridgehead atoms. The largest absolute Gasteiger partial charge is 0.414 e. The van der Waals surface area contributed by atoms with Crippen LogP contribution in [0.25, 0.3) is 21.8 Å². The Hall–Kier alpha value is -2.74. The van der Waals surface area contributed by atoms with Crippen LogP contribution >= 0.6 is 42.9 Å². The Balaban J connectivity index is 0.000000274. The minimum atomic E-state index is -1.78. The monoisotopic (exact) mass is 1010 g/mol. The average molecular weight is 1010 g/mol. The van der Waals surface area contributed by atoms with Crippen molar-refractivity contribution in [3.05, 3.63) is 78.0 Å². The summed E-state index contributed by atoms with van der Waals surface area (Å²) in [6, 6.07) is 11.5. The van der Waals surface area contributed by atoms with Gasteiger partial charge in [0, 0.05) is 37.9 Å². The van der Waals surface area contributed by atoms with E-state index in [1.165, 1.54) is 12.4 Å². The molecule has 17 heteroatoms. The molecule has 2 heterocycles. The van der Waals surface area contributed by atoms with E-state index in [2.05, 4.69) is 120 Å². The van der Waals surface area contributed by atoms with Gasteiger partial charge in [0.2, 0.25) is 0 Å². The van der Waals surface area contributed by atoms with Gasteiger partial charge in [0.25, 0.3) is 0 Å². The number of benzene rings is 2. The van der Waals surface area contributed by atoms with Gasteiger partial charge >= 0.3 is 11.4 Å². The van der Waals surface area contributed by atoms with Crippen LogP contribution in [0.1, 0.15) is 100 Å². The van der Waals surface area contributed by atoms with Crippen LogP contribution in [-0.4, -0.2) is 64.9 Å². The van der Waals surface area contributed by atoms with Gasteiger partial charge in [0.1, 0.15) is 23.8 Å². The smallest absolute Gasteiger partial charge is 0.311 e. The summed E-state index contributed by atoms with van der Waals surface area (Å²) in [6.45, 7) is 22.3. The van der Waals surface area contributed by atoms with Gasteiger partial charge in [-0.1, -0.05) is 93.9 Å². The van der Waals surface area contributed by atoms with Crippen molar-refractivity contribution >= 4 is 103 Å². The summed E-state index contributed by atoms with van der Waals surface area (Å²) in [5.41, 5.74) is 2.54. The van der Waals surface area contributed by atoms with Gasteiger partial charge in [-0.15, -0.1) is 0 Å². The minimum Gasteiger partial charge on any atom is -0.414 e. The van der Waals surface area contributed by atoms with Crippen LogP contribution in [0.15, 0.2) is 57.7 Å². The number of halogens is 3. The van der Waals surface area contributed by atoms with E-state index in [1.54, 1.807) is 0 Å². The first-order valence-electron chi connectivity index (χ1n) is 20.3. The van der Waals surface area contributed by atoms with E-state index in [0.717, 1.165) is 76.6 Å². The van der Waals surface area contributed by atoms with Gasteiger partial charge in [-0.25, -0.2) is 9.97 Å². The van der Waals surface area contributed by atoms with Crippen LogP contribution in [0, 0.1) is 20.2 Å². The number of hydrogen-bond donors (Lipinski definition) is 3. The van der Waals surface area contributed by atoms with E-state index >= 15 is 0 Å². The molecule has 2 fully saturated rings. The van der Waals surface area contributed by atoms with E-state index in [9.17, 15) is 25.3 Å². The minimum absolute atomic E-state index is 0. The summed E-state index contributed by atoms with van der Waals surface area (Å²) in [4.78, 5) is 30.6. The van der Waals surface area contributed by atoms with Gasteiger partial charge in [-0.05, 0) is 111 Å². The van der Waals surface area contributed by atoms with Gasteiger partial charge in [-0.2, -0.15) is 11.1 Å². The van der Waals surface area contributed by atoms with Crippen LogP contribution in [-0.2, 0) is 4.43 Å². The normalized spacial score (nSPS) is 19.8. The molecule has 2 aliphatic carbocycles. The van der Waals surface area contributed by atoms with Crippen LogP contribution in [0.4, 0.5) is 22.7 Å². The van der Waals surface area contributed by atoms with Crippen LogP contribution in [0.3, 0.4) is 0 Å². The van der Waals surface area contributed by atoms with Crippen molar-refractivity contribution in [1.29, 1.82) is 0 Å². The molecule has 332 valence electrons. The number of nitrogens with zero attached hydrogens (tertiary/aromatic N) is 4. The Morgan fingerprint density at radius 1 is 0.717 bits per heavy atom. The fourth-order valence-corrected chi connectivity index (χ4v) is 8.58. The van der Waals surface area contributed by atoms with Crippen molar-refractivity contribution in [2.75, 3.05) is 10.6 Å². The lowest BCUT2D eigenvalue weighted by Gasteiger charge is -2.41. The molecule has 0 saturated heterocycles. The molecule has 2 saturated carbocycles. The fraction of sp³-hybridized carbons (Fsp3) is 0.581. The zero-order chi connectivity index (χ0) is 44.1. The molecular formula is C43H65Br2ClN6O6Si2. The predicted octanol–water partition coefficient (Wildman–Crippen LogP) is 14.1. The van der Waals surface area contributed by atoms with E-state index in [1.807, 2.05) is 36.4 Å². The molecule has 0 atom stereocenters. The van der Waals surface area contributed by atoms with E-state index < -0.39 is 20.6 Å². The summed E-state index contributed by atoms with van der Waals surface area (Å²) in [6.07, 6.45) is 9.56. The highest BCUT2D eigenvalue weighted by molar-refractivity contribution is 9.10. The Kier molecular flexibility index (Phi) is 18.1. The van der Waals surface area contributed by atoms with Crippen molar-refractivity contribution in [1.82, 2.24) is 9.97 Å². The quantitative estimate of drug-likeness (QED) is 0.0669. The molecular weight excluding hydrogens is 948 g/mol. The Bertz CT molecular complexity index is 2080. The first-order valence-corrected chi connectivity index (χ1v) is 28.8. The molecule has 0 spiro atoms. The number of anilines is 2. The summed E-state index contributed by atoms with van der Waals surface area (Å²) >= 11 is 13.0. The molecule has 0 amide bonds. The standard InChI is InChI=1S/C21H30BrN3O3Si.C15H16BrN3O3.C6H15ClSi.CH4/c1-21(2,3)29(4,5)28-16-9-7-15(8-10-16)24-20-17-12-14(22)6-11-18(17)23-13-19(20)25(26)27;16-9-1-6-13-12(7-9)15(14(8-17-13)19(21)22)18-10-2-4-11(20)5-3-10;1-6(2,3)8(4,5)7;/h6,11-13,15-16H,7-10H2,1-5H3,(H,23,24);1,6-8,10-11,20H,2-5H2,(H,17,18);1-5H3;1H4. The van der Waals surface area contributed by atoms with E-state index in [0.29, 0.717) is 21.9 Å². The number of aliphatic hydroxyl groups is 1. The summed E-state index contributed by atoms with van der Waals surface area (Å²) in [5, 5.41) is 41.3. The molecule has 4 aromatic rings. The number of nitrogens with one attached hydrogen (secondary N) is 2. The Morgan fingerprint density at radius 2 is 1.08 bits per heavy atom. The molecule has 2 aromatic heterocycles. The molecule has 60 heavy (non-hydrogen) atoms. The number of fused-ring (bicyclic) bond motifs is 2. The highest BCUT2D eigenvalue weighted by atomic mass is 79.9. The molecule has 3 N–H and O–H groups in total. The number of hydrogen-bond acceptors (Lipinski definition) is 10. The zero-order valence-corrected chi connectivity index (χ0v) is 41.9. The van der Waals surface area contributed by atoms with Crippen molar-refractivity contribution in [2.45, 2.75) is 161 Å². The Morgan fingerprint density at radius 3 is 1.42 bits per heavy atom. The van der Waals surface area contributed by atoms with Crippen LogP contribution < -0.4 is 10.6 Å². The molecule has 0 unspecified atom stereocenters. The van der Waals surface area contributed by atoms with Gasteiger partial charge in [-0.3, -0.25) is 20.2 Å². The lowest BCUT2D eigenvalue weighted by molar-refractivity contribution is -0.384. The topological polar surface area (TPSA) is 166 Å². The molecule has 2 aromatic carbocycles. The van der Waals surface area contributed by atoms with E-state index in [4.69, 9.17) is 15.5 Å². The maximum Gasteiger partial charge on any atom is 0.311 e. The lowest BCUT2D eigenvalue weighted by Crippen LogP contribution is -2.45.